The molecule has 2 unspecified atom stereocenters. The Morgan fingerprint density at radius 1 is 0.863 bits per heavy atom. The molecule has 0 radical (unpaired) electrons. The van der Waals surface area contributed by atoms with E-state index >= 15 is 0 Å². The summed E-state index contributed by atoms with van der Waals surface area (Å²) in [6.45, 7) is 3.94. The van der Waals surface area contributed by atoms with Gasteiger partial charge in [0.2, 0.25) is 11.8 Å². The first-order valence-electron chi connectivity index (χ1n) is 16.9. The van der Waals surface area contributed by atoms with Crippen LogP contribution in [0, 0.1) is 5.92 Å². The highest BCUT2D eigenvalue weighted by Gasteiger charge is 2.32. The molecule has 0 fully saturated rings. The number of hydrogen-bond acceptors (Lipinski definition) is 8. The maximum Gasteiger partial charge on any atom is 0.408 e. The number of rotatable bonds is 17. The Hall–Kier alpha value is -5.69. The van der Waals surface area contributed by atoms with Crippen LogP contribution in [-0.4, -0.2) is 67.2 Å². The van der Waals surface area contributed by atoms with Crippen LogP contribution in [0.4, 0.5) is 4.79 Å². The number of phenols is 1. The number of alkyl carbamates (subject to hydrolysis) is 1. The molecular formula is C38H46N6O7. The average molecular weight is 699 g/mol. The molecule has 0 aliphatic heterocycles. The number of nitrogens with zero attached hydrogens (tertiary/aromatic N) is 2. The van der Waals surface area contributed by atoms with Gasteiger partial charge in [-0.25, -0.2) is 14.8 Å². The zero-order chi connectivity index (χ0) is 36.6. The van der Waals surface area contributed by atoms with Crippen LogP contribution in [0.15, 0.2) is 97.5 Å². The number of aliphatic hydroxyl groups is 1. The third-order valence-corrected chi connectivity index (χ3v) is 8.29. The van der Waals surface area contributed by atoms with Gasteiger partial charge in [-0.2, -0.15) is 0 Å². The van der Waals surface area contributed by atoms with Crippen molar-refractivity contribution in [2.75, 3.05) is 0 Å². The molecule has 0 saturated carbocycles. The maximum atomic E-state index is 14.3. The monoisotopic (exact) mass is 698 g/mol. The number of carbonyl (C=O) groups excluding carboxylic acids is 4. The number of benzene rings is 3. The SMILES string of the molecule is CCC(C)C[C@H](O)CC(=O)NN(Cc1ccccc1)C(=O)C(Cc1cnc[nH]1)NC(=O)[C@H](Cc1ccc(O)cc1)NC(=O)OCc1ccccc1. The molecule has 4 aromatic rings. The first kappa shape index (κ1) is 38.1. The summed E-state index contributed by atoms with van der Waals surface area (Å²) >= 11 is 0. The van der Waals surface area contributed by atoms with Gasteiger partial charge in [0.1, 0.15) is 24.4 Å². The molecule has 0 aliphatic rings. The van der Waals surface area contributed by atoms with E-state index in [0.29, 0.717) is 23.2 Å². The number of phenolic OH excluding ortho intramolecular Hbond substituents is 1. The number of aromatic nitrogens is 2. The number of aliphatic hydroxyl groups excluding tert-OH is 1. The van der Waals surface area contributed by atoms with E-state index in [0.717, 1.165) is 17.0 Å². The predicted molar refractivity (Wildman–Crippen MR) is 189 cm³/mol. The molecule has 13 heteroatoms. The number of hydrazine groups is 1. The molecule has 6 N–H and O–H groups in total. The second kappa shape index (κ2) is 19.5. The lowest BCUT2D eigenvalue weighted by atomic mass is 9.99. The predicted octanol–water partition coefficient (Wildman–Crippen LogP) is 3.93. The summed E-state index contributed by atoms with van der Waals surface area (Å²) in [7, 11) is 0. The Kier molecular flexibility index (Phi) is 14.6. The van der Waals surface area contributed by atoms with Gasteiger partial charge in [0.25, 0.3) is 5.91 Å². The van der Waals surface area contributed by atoms with Crippen molar-refractivity contribution in [3.05, 3.63) is 120 Å². The number of hydrogen-bond donors (Lipinski definition) is 6. The fourth-order valence-corrected chi connectivity index (χ4v) is 5.32. The molecule has 0 aliphatic carbocycles. The summed E-state index contributed by atoms with van der Waals surface area (Å²) < 4.78 is 5.39. The molecule has 1 heterocycles. The largest absolute Gasteiger partial charge is 0.508 e. The van der Waals surface area contributed by atoms with E-state index < -0.39 is 42.0 Å². The molecule has 0 saturated heterocycles. The van der Waals surface area contributed by atoms with Gasteiger partial charge >= 0.3 is 6.09 Å². The molecule has 13 nitrogen and oxygen atoms in total. The van der Waals surface area contributed by atoms with Crippen LogP contribution in [0.5, 0.6) is 5.75 Å². The van der Waals surface area contributed by atoms with Crippen molar-refractivity contribution in [1.29, 1.82) is 0 Å². The number of carbonyl (C=O) groups is 4. The van der Waals surface area contributed by atoms with Gasteiger partial charge < -0.3 is 30.6 Å². The maximum absolute atomic E-state index is 14.3. The van der Waals surface area contributed by atoms with Gasteiger partial charge in [-0.05, 0) is 41.2 Å². The number of imidazole rings is 1. The molecule has 1 aromatic heterocycles. The Balaban J connectivity index is 1.57. The number of ether oxygens (including phenoxy) is 1. The zero-order valence-electron chi connectivity index (χ0n) is 28.8. The number of amides is 4. The summed E-state index contributed by atoms with van der Waals surface area (Å²) in [5, 5.41) is 26.9. The third kappa shape index (κ3) is 12.9. The minimum absolute atomic E-state index is 0.00998. The number of H-pyrrole nitrogens is 1. The zero-order valence-corrected chi connectivity index (χ0v) is 28.8. The van der Waals surface area contributed by atoms with E-state index in [2.05, 4.69) is 26.0 Å². The first-order chi connectivity index (χ1) is 24.6. The van der Waals surface area contributed by atoms with Crippen LogP contribution in [0.1, 0.15) is 55.5 Å². The molecule has 4 atom stereocenters. The second-order valence-corrected chi connectivity index (χ2v) is 12.5. The van der Waals surface area contributed by atoms with Gasteiger partial charge in [-0.1, -0.05) is 93.1 Å². The van der Waals surface area contributed by atoms with E-state index in [1.165, 1.54) is 24.7 Å². The Labute approximate surface area is 297 Å². The minimum atomic E-state index is -1.23. The summed E-state index contributed by atoms with van der Waals surface area (Å²) in [4.78, 5) is 61.4. The smallest absolute Gasteiger partial charge is 0.408 e. The lowest BCUT2D eigenvalue weighted by molar-refractivity contribution is -0.146. The van der Waals surface area contributed by atoms with Crippen molar-refractivity contribution < 1.29 is 34.1 Å². The molecule has 0 spiro atoms. The van der Waals surface area contributed by atoms with Gasteiger partial charge in [-0.3, -0.25) is 19.8 Å². The first-order valence-corrected chi connectivity index (χ1v) is 16.9. The summed E-state index contributed by atoms with van der Waals surface area (Å²) in [6, 6.07) is 21.8. The lowest BCUT2D eigenvalue weighted by Gasteiger charge is -2.29. The molecule has 51 heavy (non-hydrogen) atoms. The van der Waals surface area contributed by atoms with Crippen LogP contribution in [0.3, 0.4) is 0 Å². The van der Waals surface area contributed by atoms with Crippen molar-refractivity contribution in [3.8, 4) is 5.75 Å². The van der Waals surface area contributed by atoms with Crippen molar-refractivity contribution >= 4 is 23.8 Å². The summed E-state index contributed by atoms with van der Waals surface area (Å²) in [5.74, 6) is -1.64. The molecule has 0 bridgehead atoms. The van der Waals surface area contributed by atoms with Gasteiger partial charge in [0.15, 0.2) is 0 Å². The Morgan fingerprint density at radius 2 is 1.53 bits per heavy atom. The van der Waals surface area contributed by atoms with Crippen LogP contribution < -0.4 is 16.1 Å². The summed E-state index contributed by atoms with van der Waals surface area (Å²) in [6.07, 6.45) is 2.26. The van der Waals surface area contributed by atoms with Crippen LogP contribution in [0.25, 0.3) is 0 Å². The molecular weight excluding hydrogens is 652 g/mol. The van der Waals surface area contributed by atoms with Gasteiger partial charge in [0.05, 0.1) is 25.4 Å². The van der Waals surface area contributed by atoms with E-state index in [-0.39, 0.29) is 44.1 Å². The van der Waals surface area contributed by atoms with Gasteiger partial charge in [0, 0.05) is 24.7 Å². The van der Waals surface area contributed by atoms with Gasteiger partial charge in [-0.15, -0.1) is 0 Å². The molecule has 4 rings (SSSR count). The van der Waals surface area contributed by atoms with Crippen LogP contribution >= 0.6 is 0 Å². The number of aromatic amines is 1. The molecule has 270 valence electrons. The number of aromatic hydroxyl groups is 1. The van der Waals surface area contributed by atoms with E-state index in [4.69, 9.17) is 4.74 Å². The normalized spacial score (nSPS) is 13.2. The fraction of sp³-hybridized carbons (Fsp3) is 0.342. The molecule has 4 amide bonds. The van der Waals surface area contributed by atoms with E-state index in [1.807, 2.05) is 38.1 Å². The van der Waals surface area contributed by atoms with Crippen LogP contribution in [0.2, 0.25) is 0 Å². The topological polar surface area (TPSA) is 186 Å². The highest BCUT2D eigenvalue weighted by atomic mass is 16.5. The standard InChI is InChI=1S/C38H46N6O7/c1-3-26(2)18-32(46)21-35(47)43-44(23-28-10-6-4-7-11-28)37(49)34(20-30-22-39-25-40-30)41-36(48)33(19-27-14-16-31(45)17-15-27)42-38(50)51-24-29-12-8-5-9-13-29/h4-17,22,25-26,32-34,45-46H,3,18-21,23-24H2,1-2H3,(H,39,40)(H,41,48)(H,42,50)(H,43,47)/t26?,32-,33-,34?/m0/s1. The van der Waals surface area contributed by atoms with Crippen molar-refractivity contribution in [3.63, 3.8) is 0 Å². The van der Waals surface area contributed by atoms with E-state index in [9.17, 15) is 29.4 Å². The average Bonchev–Trinajstić information content (AvgIpc) is 3.64. The quantitative estimate of drug-likeness (QED) is 0.0896. The highest BCUT2D eigenvalue weighted by Crippen LogP contribution is 2.15. The van der Waals surface area contributed by atoms with Crippen molar-refractivity contribution in [2.24, 2.45) is 5.92 Å². The fourth-order valence-electron chi connectivity index (χ4n) is 5.32. The number of nitrogens with one attached hydrogen (secondary N) is 4. The highest BCUT2D eigenvalue weighted by molar-refractivity contribution is 5.92. The Morgan fingerprint density at radius 3 is 2.16 bits per heavy atom. The van der Waals surface area contributed by atoms with Crippen molar-refractivity contribution in [1.82, 2.24) is 31.0 Å². The third-order valence-electron chi connectivity index (χ3n) is 8.29. The van der Waals surface area contributed by atoms with Crippen LogP contribution in [-0.2, 0) is 45.1 Å². The van der Waals surface area contributed by atoms with E-state index in [1.54, 1.807) is 48.5 Å². The minimum Gasteiger partial charge on any atom is -0.508 e. The Bertz CT molecular complexity index is 1670. The van der Waals surface area contributed by atoms with Crippen molar-refractivity contribution in [2.45, 2.75) is 77.3 Å². The lowest BCUT2D eigenvalue weighted by Crippen LogP contribution is -2.58. The molecule has 3 aromatic carbocycles. The summed E-state index contributed by atoms with van der Waals surface area (Å²) in [5.41, 5.74) is 5.29. The second-order valence-electron chi connectivity index (χ2n) is 12.5.